The van der Waals surface area contributed by atoms with Gasteiger partial charge < -0.3 is 20.8 Å². The highest BCUT2D eigenvalue weighted by atomic mass is 35.5. The molecule has 3 rings (SSSR count). The van der Waals surface area contributed by atoms with Crippen LogP contribution in [0.1, 0.15) is 29.9 Å². The van der Waals surface area contributed by atoms with Gasteiger partial charge in [-0.25, -0.2) is 8.42 Å². The minimum absolute atomic E-state index is 0. The van der Waals surface area contributed by atoms with E-state index in [1.807, 2.05) is 26.0 Å². The predicted octanol–water partition coefficient (Wildman–Crippen LogP) is 1.34. The van der Waals surface area contributed by atoms with Crippen molar-refractivity contribution >= 4 is 34.1 Å². The van der Waals surface area contributed by atoms with Crippen LogP contribution in [0, 0.1) is 0 Å². The second kappa shape index (κ2) is 6.33. The van der Waals surface area contributed by atoms with E-state index in [0.29, 0.717) is 5.69 Å². The number of carbonyl (C=O) groups excluding carboxylic acids is 1. The molecule has 8 nitrogen and oxygen atoms in total. The fraction of sp³-hybridized carbons (Fsp3) is 0.250. The molecule has 0 fully saturated rings. The molecule has 1 amide bonds. The van der Waals surface area contributed by atoms with Crippen LogP contribution >= 0.6 is 12.4 Å². The summed E-state index contributed by atoms with van der Waals surface area (Å²) >= 11 is 0. The van der Waals surface area contributed by atoms with Crippen LogP contribution in [0.25, 0.3) is 5.69 Å². The van der Waals surface area contributed by atoms with Crippen molar-refractivity contribution in [3.8, 4) is 11.4 Å². The van der Waals surface area contributed by atoms with E-state index in [1.54, 1.807) is 10.8 Å². The first kappa shape index (κ1) is 19.8. The number of hydrogen-bond acceptors (Lipinski definition) is 4. The van der Waals surface area contributed by atoms with Crippen molar-refractivity contribution < 1.29 is 17.9 Å². The number of guanidine groups is 1. The number of nitrogens with two attached hydrogens (primary N) is 2. The van der Waals surface area contributed by atoms with Gasteiger partial charge in [-0.15, -0.1) is 12.4 Å². The number of aromatic nitrogens is 1. The van der Waals surface area contributed by atoms with Crippen molar-refractivity contribution in [3.05, 3.63) is 41.7 Å². The van der Waals surface area contributed by atoms with Crippen molar-refractivity contribution in [2.24, 2.45) is 16.5 Å². The Hall–Kier alpha value is -2.52. The minimum Gasteiger partial charge on any atom is -0.479 e. The molecule has 0 saturated carbocycles. The number of benzene rings is 1. The fourth-order valence-electron chi connectivity index (χ4n) is 2.81. The molecule has 0 bridgehead atoms. The van der Waals surface area contributed by atoms with Crippen molar-refractivity contribution in [2.45, 2.75) is 24.3 Å². The van der Waals surface area contributed by atoms with Gasteiger partial charge in [-0.2, -0.15) is 4.99 Å². The molecule has 2 heterocycles. The van der Waals surface area contributed by atoms with E-state index in [4.69, 9.17) is 16.2 Å². The van der Waals surface area contributed by atoms with Crippen LogP contribution in [-0.2, 0) is 15.4 Å². The van der Waals surface area contributed by atoms with Gasteiger partial charge >= 0.3 is 0 Å². The summed E-state index contributed by atoms with van der Waals surface area (Å²) in [6, 6.07) is 6.39. The quantitative estimate of drug-likeness (QED) is 0.580. The summed E-state index contributed by atoms with van der Waals surface area (Å²) in [4.78, 5) is 15.9. The zero-order valence-corrected chi connectivity index (χ0v) is 16.0. The standard InChI is InChI=1S/C16H18N4O4S.ClH/c1-16(2)12-5-4-6-20(12)11-8-9(25(3,22)23)7-10(13(11)24-16)14(21)19-15(17)18;/h4-8H,1-3H3,(H4,17,18,19,21);1H. The number of aliphatic imine (C=N–C) groups is 1. The van der Waals surface area contributed by atoms with Gasteiger partial charge in [0.1, 0.15) is 5.60 Å². The number of fused-ring (bicyclic) bond motifs is 3. The largest absolute Gasteiger partial charge is 0.479 e. The SMILES string of the molecule is CC1(C)Oc2c(C(=O)N=C(N)N)cc(S(C)(=O)=O)cc2-n2cccc21.Cl. The Morgan fingerprint density at radius 1 is 1.27 bits per heavy atom. The molecule has 0 aliphatic carbocycles. The number of carbonyl (C=O) groups is 1. The smallest absolute Gasteiger partial charge is 0.284 e. The fourth-order valence-corrected chi connectivity index (χ4v) is 3.47. The summed E-state index contributed by atoms with van der Waals surface area (Å²) in [6.07, 6.45) is 2.84. The highest BCUT2D eigenvalue weighted by molar-refractivity contribution is 7.90. The lowest BCUT2D eigenvalue weighted by Crippen LogP contribution is -2.33. The highest BCUT2D eigenvalue weighted by Gasteiger charge is 2.36. The third kappa shape index (κ3) is 3.27. The van der Waals surface area contributed by atoms with Crippen LogP contribution in [0.15, 0.2) is 40.4 Å². The number of sulfone groups is 1. The molecule has 1 aliphatic rings. The maximum absolute atomic E-state index is 12.4. The predicted molar refractivity (Wildman–Crippen MR) is 99.9 cm³/mol. The van der Waals surface area contributed by atoms with Crippen LogP contribution < -0.4 is 16.2 Å². The Bertz CT molecular complexity index is 1020. The highest BCUT2D eigenvalue weighted by Crippen LogP contribution is 2.42. The third-order valence-electron chi connectivity index (χ3n) is 3.91. The lowest BCUT2D eigenvalue weighted by Gasteiger charge is -2.35. The molecule has 4 N–H and O–H groups in total. The zero-order valence-electron chi connectivity index (χ0n) is 14.4. The van der Waals surface area contributed by atoms with E-state index in [2.05, 4.69) is 4.99 Å². The maximum Gasteiger partial charge on any atom is 0.284 e. The molecule has 0 unspecified atom stereocenters. The first-order valence-corrected chi connectivity index (χ1v) is 9.29. The summed E-state index contributed by atoms with van der Waals surface area (Å²) < 4.78 is 31.9. The van der Waals surface area contributed by atoms with E-state index < -0.39 is 27.3 Å². The number of rotatable bonds is 2. The van der Waals surface area contributed by atoms with E-state index in [9.17, 15) is 13.2 Å². The van der Waals surface area contributed by atoms with Crippen LogP contribution in [0.5, 0.6) is 5.75 Å². The zero-order chi connectivity index (χ0) is 18.6. The van der Waals surface area contributed by atoms with Crippen LogP contribution in [0.2, 0.25) is 0 Å². The first-order chi connectivity index (χ1) is 11.5. The lowest BCUT2D eigenvalue weighted by atomic mass is 10.0. The Balaban J connectivity index is 0.00000243. The van der Waals surface area contributed by atoms with Crippen LogP contribution in [0.4, 0.5) is 0 Å². The summed E-state index contributed by atoms with van der Waals surface area (Å²) in [6.45, 7) is 3.70. The van der Waals surface area contributed by atoms with E-state index in [0.717, 1.165) is 11.9 Å². The van der Waals surface area contributed by atoms with E-state index in [1.165, 1.54) is 12.1 Å². The molecule has 26 heavy (non-hydrogen) atoms. The number of halogens is 1. The van der Waals surface area contributed by atoms with Crippen LogP contribution in [-0.4, -0.2) is 31.1 Å². The molecule has 1 aromatic heterocycles. The van der Waals surface area contributed by atoms with Gasteiger partial charge in [-0.1, -0.05) is 0 Å². The molecule has 1 aromatic carbocycles. The van der Waals surface area contributed by atoms with Crippen molar-refractivity contribution in [2.75, 3.05) is 6.26 Å². The summed E-state index contributed by atoms with van der Waals surface area (Å²) in [5.41, 5.74) is 11.1. The topological polar surface area (TPSA) is 130 Å². The first-order valence-electron chi connectivity index (χ1n) is 7.40. The normalized spacial score (nSPS) is 14.3. The number of hydrogen-bond donors (Lipinski definition) is 2. The summed E-state index contributed by atoms with van der Waals surface area (Å²) in [5, 5.41) is 0. The summed E-state index contributed by atoms with van der Waals surface area (Å²) in [7, 11) is -3.57. The Labute approximate surface area is 157 Å². The van der Waals surface area contributed by atoms with Gasteiger partial charge in [0.2, 0.25) is 0 Å². The number of amides is 1. The Morgan fingerprint density at radius 2 is 1.92 bits per heavy atom. The molecule has 140 valence electrons. The van der Waals surface area contributed by atoms with Gasteiger partial charge in [-0.05, 0) is 38.1 Å². The number of nitrogens with zero attached hydrogens (tertiary/aromatic N) is 2. The summed E-state index contributed by atoms with van der Waals surface area (Å²) in [5.74, 6) is -0.954. The average molecular weight is 399 g/mol. The third-order valence-corrected chi connectivity index (χ3v) is 5.01. The maximum atomic E-state index is 12.4. The second-order valence-corrected chi connectivity index (χ2v) is 8.32. The van der Waals surface area contributed by atoms with Crippen LogP contribution in [0.3, 0.4) is 0 Å². The van der Waals surface area contributed by atoms with E-state index >= 15 is 0 Å². The molecule has 1 aliphatic heterocycles. The molecule has 2 aromatic rings. The number of ether oxygens (including phenoxy) is 1. The molecule has 0 atom stereocenters. The van der Waals surface area contributed by atoms with Gasteiger partial charge in [0.25, 0.3) is 5.91 Å². The molecule has 0 radical (unpaired) electrons. The van der Waals surface area contributed by atoms with Crippen molar-refractivity contribution in [1.82, 2.24) is 4.57 Å². The minimum atomic E-state index is -3.57. The Morgan fingerprint density at radius 3 is 2.50 bits per heavy atom. The van der Waals surface area contributed by atoms with Gasteiger partial charge in [0, 0.05) is 12.5 Å². The molecular formula is C16H19ClN4O4S. The van der Waals surface area contributed by atoms with Crippen molar-refractivity contribution in [1.29, 1.82) is 0 Å². The van der Waals surface area contributed by atoms with Gasteiger partial charge in [-0.3, -0.25) is 4.79 Å². The average Bonchev–Trinajstić information content (AvgIpc) is 2.95. The molecule has 10 heteroatoms. The Kier molecular flexibility index (Phi) is 4.82. The van der Waals surface area contributed by atoms with Gasteiger partial charge in [0.15, 0.2) is 21.5 Å². The molecular weight excluding hydrogens is 380 g/mol. The molecule has 0 saturated heterocycles. The molecule has 0 spiro atoms. The van der Waals surface area contributed by atoms with E-state index in [-0.39, 0.29) is 28.6 Å². The van der Waals surface area contributed by atoms with Gasteiger partial charge in [0.05, 0.1) is 21.8 Å². The monoisotopic (exact) mass is 398 g/mol. The second-order valence-electron chi connectivity index (χ2n) is 6.31. The van der Waals surface area contributed by atoms with Crippen molar-refractivity contribution in [3.63, 3.8) is 0 Å². The lowest BCUT2D eigenvalue weighted by molar-refractivity contribution is 0.0865.